The average molecular weight is 381 g/mol. The van der Waals surface area contributed by atoms with Crippen LogP contribution in [0.25, 0.3) is 0 Å². The zero-order valence-electron chi connectivity index (χ0n) is 14.5. The van der Waals surface area contributed by atoms with Crippen LogP contribution in [0.4, 0.5) is 11.4 Å². The Labute approximate surface area is 161 Å². The molecule has 3 aromatic rings. The van der Waals surface area contributed by atoms with Crippen molar-refractivity contribution in [2.24, 2.45) is 0 Å². The number of halogens is 1. The number of carbonyl (C=O) groups excluding carboxylic acids is 2. The highest BCUT2D eigenvalue weighted by molar-refractivity contribution is 6.31. The minimum absolute atomic E-state index is 0.308. The molecule has 27 heavy (non-hydrogen) atoms. The molecule has 2 N–H and O–H groups in total. The Balaban J connectivity index is 1.71. The topological polar surface area (TPSA) is 67.4 Å². The number of ether oxygens (including phenoxy) is 1. The van der Waals surface area contributed by atoms with E-state index in [9.17, 15) is 9.59 Å². The van der Waals surface area contributed by atoms with E-state index < -0.39 is 0 Å². The van der Waals surface area contributed by atoms with Gasteiger partial charge in [0.05, 0.1) is 7.11 Å². The van der Waals surface area contributed by atoms with Crippen LogP contribution < -0.4 is 15.4 Å². The fourth-order valence-corrected chi connectivity index (χ4v) is 2.64. The summed E-state index contributed by atoms with van der Waals surface area (Å²) in [6.45, 7) is 0. The minimum atomic E-state index is -0.323. The second kappa shape index (κ2) is 8.38. The molecule has 6 heteroatoms. The number of amides is 2. The standard InChI is InChI=1S/C21H17ClN2O3/c1-27-19-10-8-17(9-11-19)23-20(25)14-4-2-5-15(12-14)21(26)24-18-7-3-6-16(22)13-18/h2-13H,1H3,(H,23,25)(H,24,26). The number of hydrogen-bond donors (Lipinski definition) is 2. The lowest BCUT2D eigenvalue weighted by Crippen LogP contribution is -2.15. The van der Waals surface area contributed by atoms with Gasteiger partial charge in [-0.1, -0.05) is 23.7 Å². The van der Waals surface area contributed by atoms with Crippen LogP contribution in [-0.4, -0.2) is 18.9 Å². The molecule has 136 valence electrons. The highest BCUT2D eigenvalue weighted by Gasteiger charge is 2.11. The van der Waals surface area contributed by atoms with Crippen LogP contribution in [0, 0.1) is 0 Å². The van der Waals surface area contributed by atoms with E-state index in [4.69, 9.17) is 16.3 Å². The molecule has 2 amide bonds. The third-order valence-electron chi connectivity index (χ3n) is 3.82. The molecule has 0 bridgehead atoms. The molecule has 0 radical (unpaired) electrons. The molecule has 0 aliphatic carbocycles. The van der Waals surface area contributed by atoms with Crippen molar-refractivity contribution in [1.82, 2.24) is 0 Å². The number of hydrogen-bond acceptors (Lipinski definition) is 3. The van der Waals surface area contributed by atoms with Crippen LogP contribution in [0.2, 0.25) is 5.02 Å². The summed E-state index contributed by atoms with van der Waals surface area (Å²) in [5, 5.41) is 6.08. The molecule has 5 nitrogen and oxygen atoms in total. The Morgan fingerprint density at radius 3 is 1.96 bits per heavy atom. The number of nitrogens with one attached hydrogen (secondary N) is 2. The lowest BCUT2D eigenvalue weighted by molar-refractivity contribution is 0.102. The van der Waals surface area contributed by atoms with E-state index in [0.717, 1.165) is 0 Å². The number of rotatable bonds is 5. The zero-order chi connectivity index (χ0) is 19.2. The van der Waals surface area contributed by atoms with Gasteiger partial charge in [-0.2, -0.15) is 0 Å². The maximum absolute atomic E-state index is 12.5. The average Bonchev–Trinajstić information content (AvgIpc) is 2.68. The predicted octanol–water partition coefficient (Wildman–Crippen LogP) is 4.85. The third-order valence-corrected chi connectivity index (χ3v) is 4.05. The first-order chi connectivity index (χ1) is 13.0. The highest BCUT2D eigenvalue weighted by Crippen LogP contribution is 2.18. The highest BCUT2D eigenvalue weighted by atomic mass is 35.5. The Morgan fingerprint density at radius 1 is 0.778 bits per heavy atom. The van der Waals surface area contributed by atoms with Gasteiger partial charge in [-0.3, -0.25) is 9.59 Å². The summed E-state index contributed by atoms with van der Waals surface area (Å²) >= 11 is 5.93. The van der Waals surface area contributed by atoms with Crippen molar-refractivity contribution in [2.75, 3.05) is 17.7 Å². The fraction of sp³-hybridized carbons (Fsp3) is 0.0476. The molecule has 0 aliphatic rings. The second-order valence-corrected chi connectivity index (χ2v) is 6.16. The van der Waals surface area contributed by atoms with Gasteiger partial charge in [-0.25, -0.2) is 0 Å². The largest absolute Gasteiger partial charge is 0.497 e. The van der Waals surface area contributed by atoms with Crippen LogP contribution in [0.1, 0.15) is 20.7 Å². The van der Waals surface area contributed by atoms with Crippen LogP contribution in [-0.2, 0) is 0 Å². The molecule has 0 atom stereocenters. The van der Waals surface area contributed by atoms with Crippen molar-refractivity contribution in [1.29, 1.82) is 0 Å². The van der Waals surface area contributed by atoms with Crippen molar-refractivity contribution in [3.05, 3.63) is 88.9 Å². The van der Waals surface area contributed by atoms with Gasteiger partial charge in [0.2, 0.25) is 0 Å². The zero-order valence-corrected chi connectivity index (χ0v) is 15.3. The Hall–Kier alpha value is -3.31. The van der Waals surface area contributed by atoms with E-state index in [-0.39, 0.29) is 11.8 Å². The molecule has 0 spiro atoms. The molecule has 3 rings (SSSR count). The summed E-state index contributed by atoms with van der Waals surface area (Å²) in [5.41, 5.74) is 1.97. The van der Waals surface area contributed by atoms with E-state index in [1.807, 2.05) is 0 Å². The SMILES string of the molecule is COc1ccc(NC(=O)c2cccc(C(=O)Nc3cccc(Cl)c3)c2)cc1. The summed E-state index contributed by atoms with van der Waals surface area (Å²) in [5.74, 6) is 0.0709. The summed E-state index contributed by atoms with van der Waals surface area (Å²) in [6, 6.07) is 20.4. The predicted molar refractivity (Wildman–Crippen MR) is 107 cm³/mol. The van der Waals surface area contributed by atoms with Crippen molar-refractivity contribution >= 4 is 34.8 Å². The molecular weight excluding hydrogens is 364 g/mol. The monoisotopic (exact) mass is 380 g/mol. The summed E-state index contributed by atoms with van der Waals surface area (Å²) < 4.78 is 5.09. The molecule has 0 unspecified atom stereocenters. The van der Waals surface area contributed by atoms with E-state index in [1.54, 1.807) is 79.9 Å². The van der Waals surface area contributed by atoms with Crippen LogP contribution in [0.5, 0.6) is 5.75 Å². The maximum atomic E-state index is 12.5. The Morgan fingerprint density at radius 2 is 1.37 bits per heavy atom. The first kappa shape index (κ1) is 18.5. The van der Waals surface area contributed by atoms with Gasteiger partial charge in [0.25, 0.3) is 11.8 Å². The van der Waals surface area contributed by atoms with Gasteiger partial charge in [-0.05, 0) is 60.7 Å². The van der Waals surface area contributed by atoms with Gasteiger partial charge in [-0.15, -0.1) is 0 Å². The molecule has 0 aromatic heterocycles. The van der Waals surface area contributed by atoms with Crippen LogP contribution in [0.15, 0.2) is 72.8 Å². The quantitative estimate of drug-likeness (QED) is 0.664. The lowest BCUT2D eigenvalue weighted by atomic mass is 10.1. The number of methoxy groups -OCH3 is 1. The molecule has 0 heterocycles. The van der Waals surface area contributed by atoms with Gasteiger partial charge < -0.3 is 15.4 Å². The normalized spacial score (nSPS) is 10.1. The lowest BCUT2D eigenvalue weighted by Gasteiger charge is -2.09. The summed E-state index contributed by atoms with van der Waals surface area (Å²) in [6.07, 6.45) is 0. The smallest absolute Gasteiger partial charge is 0.255 e. The number of anilines is 2. The van der Waals surface area contributed by atoms with E-state index in [1.165, 1.54) is 0 Å². The van der Waals surface area contributed by atoms with E-state index in [0.29, 0.717) is 33.3 Å². The van der Waals surface area contributed by atoms with Crippen LogP contribution in [0.3, 0.4) is 0 Å². The van der Waals surface area contributed by atoms with Crippen molar-refractivity contribution in [3.8, 4) is 5.75 Å². The number of carbonyl (C=O) groups is 2. The Bertz CT molecular complexity index is 971. The maximum Gasteiger partial charge on any atom is 0.255 e. The third kappa shape index (κ3) is 4.86. The van der Waals surface area contributed by atoms with Crippen LogP contribution >= 0.6 is 11.6 Å². The first-order valence-electron chi connectivity index (χ1n) is 8.17. The molecule has 0 saturated heterocycles. The van der Waals surface area contributed by atoms with E-state index in [2.05, 4.69) is 10.6 Å². The molecule has 0 fully saturated rings. The van der Waals surface area contributed by atoms with Gasteiger partial charge in [0.1, 0.15) is 5.75 Å². The van der Waals surface area contributed by atoms with Gasteiger partial charge >= 0.3 is 0 Å². The fourth-order valence-electron chi connectivity index (χ4n) is 2.45. The number of benzene rings is 3. The van der Waals surface area contributed by atoms with Crippen molar-refractivity contribution < 1.29 is 14.3 Å². The van der Waals surface area contributed by atoms with Crippen molar-refractivity contribution in [3.63, 3.8) is 0 Å². The summed E-state index contributed by atoms with van der Waals surface area (Å²) in [4.78, 5) is 24.9. The van der Waals surface area contributed by atoms with Gasteiger partial charge in [0.15, 0.2) is 0 Å². The molecule has 3 aromatic carbocycles. The molecule has 0 aliphatic heterocycles. The minimum Gasteiger partial charge on any atom is -0.497 e. The first-order valence-corrected chi connectivity index (χ1v) is 8.55. The molecule has 0 saturated carbocycles. The second-order valence-electron chi connectivity index (χ2n) is 5.73. The Kier molecular flexibility index (Phi) is 5.74. The molecular formula is C21H17ClN2O3. The van der Waals surface area contributed by atoms with Gasteiger partial charge in [0, 0.05) is 27.5 Å². The van der Waals surface area contributed by atoms with Crippen molar-refractivity contribution in [2.45, 2.75) is 0 Å². The van der Waals surface area contributed by atoms with E-state index >= 15 is 0 Å². The summed E-state index contributed by atoms with van der Waals surface area (Å²) in [7, 11) is 1.58.